The summed E-state index contributed by atoms with van der Waals surface area (Å²) in [5, 5.41) is 4.08. The largest absolute Gasteiger partial charge is 0.381 e. The molecule has 2 nitrogen and oxygen atoms in total. The molecule has 0 saturated heterocycles. The second-order valence-electron chi connectivity index (χ2n) is 5.45. The Labute approximate surface area is 102 Å². The lowest BCUT2D eigenvalue weighted by Crippen LogP contribution is -2.29. The number of pyridine rings is 1. The topological polar surface area (TPSA) is 24.9 Å². The predicted molar refractivity (Wildman–Crippen MR) is 68.9 cm³/mol. The quantitative estimate of drug-likeness (QED) is 0.785. The van der Waals surface area contributed by atoms with E-state index in [1.807, 2.05) is 18.3 Å². The van der Waals surface area contributed by atoms with Gasteiger partial charge in [-0.15, -0.1) is 0 Å². The molecule has 0 radical (unpaired) electrons. The summed E-state index contributed by atoms with van der Waals surface area (Å²) < 4.78 is 0. The highest BCUT2D eigenvalue weighted by Gasteiger charge is 2.26. The van der Waals surface area contributed by atoms with Crippen LogP contribution >= 0.6 is 11.6 Å². The molecule has 0 aliphatic heterocycles. The van der Waals surface area contributed by atoms with Gasteiger partial charge < -0.3 is 5.32 Å². The van der Waals surface area contributed by atoms with Crippen LogP contribution in [0.4, 0.5) is 5.69 Å². The summed E-state index contributed by atoms with van der Waals surface area (Å²) in [6, 6.07) is 4.42. The molecule has 0 spiro atoms. The molecule has 2 rings (SSSR count). The van der Waals surface area contributed by atoms with Gasteiger partial charge in [0, 0.05) is 6.04 Å². The third kappa shape index (κ3) is 3.11. The molecule has 3 heteroatoms. The van der Waals surface area contributed by atoms with Gasteiger partial charge in [-0.2, -0.15) is 0 Å². The van der Waals surface area contributed by atoms with Crippen LogP contribution in [-0.2, 0) is 0 Å². The van der Waals surface area contributed by atoms with Crippen molar-refractivity contribution in [3.8, 4) is 0 Å². The van der Waals surface area contributed by atoms with E-state index in [-0.39, 0.29) is 0 Å². The van der Waals surface area contributed by atoms with E-state index in [0.29, 0.717) is 16.6 Å². The lowest BCUT2D eigenvalue weighted by molar-refractivity contribution is 0.232. The predicted octanol–water partition coefficient (Wildman–Crippen LogP) is 4.12. The van der Waals surface area contributed by atoms with Gasteiger partial charge in [0.05, 0.1) is 11.9 Å². The summed E-state index contributed by atoms with van der Waals surface area (Å²) in [5.41, 5.74) is 1.60. The van der Waals surface area contributed by atoms with Gasteiger partial charge in [0.15, 0.2) is 0 Å². The number of rotatable bonds is 2. The molecule has 88 valence electrons. The van der Waals surface area contributed by atoms with E-state index in [0.717, 1.165) is 5.69 Å². The van der Waals surface area contributed by atoms with E-state index in [1.165, 1.54) is 25.7 Å². The van der Waals surface area contributed by atoms with Crippen LogP contribution in [0.5, 0.6) is 0 Å². The van der Waals surface area contributed by atoms with Crippen LogP contribution < -0.4 is 5.32 Å². The minimum atomic E-state index is 0.524. The fourth-order valence-electron chi connectivity index (χ4n) is 2.24. The van der Waals surface area contributed by atoms with Crippen molar-refractivity contribution in [1.29, 1.82) is 0 Å². The van der Waals surface area contributed by atoms with E-state index < -0.39 is 0 Å². The first-order valence-corrected chi connectivity index (χ1v) is 6.31. The molecule has 1 aliphatic carbocycles. The summed E-state index contributed by atoms with van der Waals surface area (Å²) in [6.07, 6.45) is 6.89. The third-order valence-corrected chi connectivity index (χ3v) is 3.66. The van der Waals surface area contributed by atoms with Crippen LogP contribution in [0.25, 0.3) is 0 Å². The fraction of sp³-hybridized carbons (Fsp3) is 0.615. The van der Waals surface area contributed by atoms with Crippen molar-refractivity contribution in [2.45, 2.75) is 45.6 Å². The van der Waals surface area contributed by atoms with Crippen molar-refractivity contribution in [2.24, 2.45) is 5.41 Å². The lowest BCUT2D eigenvalue weighted by Gasteiger charge is -2.35. The monoisotopic (exact) mass is 238 g/mol. The van der Waals surface area contributed by atoms with Gasteiger partial charge in [-0.25, -0.2) is 4.98 Å². The van der Waals surface area contributed by atoms with Crippen LogP contribution in [0.1, 0.15) is 39.5 Å². The number of hydrogen-bond acceptors (Lipinski definition) is 2. The van der Waals surface area contributed by atoms with Crippen molar-refractivity contribution in [2.75, 3.05) is 5.32 Å². The normalized spacial score (nSPS) is 20.7. The Hall–Kier alpha value is -0.760. The van der Waals surface area contributed by atoms with E-state index >= 15 is 0 Å². The summed E-state index contributed by atoms with van der Waals surface area (Å²) >= 11 is 5.75. The maximum atomic E-state index is 5.75. The van der Waals surface area contributed by atoms with Crippen molar-refractivity contribution in [1.82, 2.24) is 4.98 Å². The highest BCUT2D eigenvalue weighted by molar-refractivity contribution is 6.29. The molecule has 1 saturated carbocycles. The fourth-order valence-corrected chi connectivity index (χ4v) is 2.35. The van der Waals surface area contributed by atoms with Crippen molar-refractivity contribution in [3.05, 3.63) is 23.5 Å². The number of aromatic nitrogens is 1. The molecule has 0 atom stereocenters. The zero-order chi connectivity index (χ0) is 11.6. The first-order chi connectivity index (χ1) is 7.55. The minimum absolute atomic E-state index is 0.524. The molecule has 1 heterocycles. The Morgan fingerprint density at radius 3 is 2.56 bits per heavy atom. The van der Waals surface area contributed by atoms with Crippen molar-refractivity contribution < 1.29 is 0 Å². The number of nitrogens with one attached hydrogen (secondary N) is 1. The summed E-state index contributed by atoms with van der Waals surface area (Å²) in [7, 11) is 0. The van der Waals surface area contributed by atoms with Crippen LogP contribution in [-0.4, -0.2) is 11.0 Å². The summed E-state index contributed by atoms with van der Waals surface area (Å²) in [5.74, 6) is 0. The van der Waals surface area contributed by atoms with Gasteiger partial charge in [0.2, 0.25) is 0 Å². The van der Waals surface area contributed by atoms with E-state index in [4.69, 9.17) is 11.6 Å². The van der Waals surface area contributed by atoms with Crippen molar-refractivity contribution >= 4 is 17.3 Å². The van der Waals surface area contributed by atoms with Crippen LogP contribution in [0.3, 0.4) is 0 Å². The Morgan fingerprint density at radius 1 is 1.31 bits per heavy atom. The number of nitrogens with zero attached hydrogens (tertiary/aromatic N) is 1. The van der Waals surface area contributed by atoms with Gasteiger partial charge >= 0.3 is 0 Å². The molecule has 1 fully saturated rings. The first kappa shape index (κ1) is 11.7. The highest BCUT2D eigenvalue weighted by atomic mass is 35.5. The Balaban J connectivity index is 1.89. The van der Waals surface area contributed by atoms with Crippen LogP contribution in [0.15, 0.2) is 18.3 Å². The molecule has 1 aliphatic rings. The van der Waals surface area contributed by atoms with E-state index in [2.05, 4.69) is 24.1 Å². The molecular formula is C13H19ClN2. The summed E-state index contributed by atoms with van der Waals surface area (Å²) in [4.78, 5) is 4.08. The van der Waals surface area contributed by atoms with Gasteiger partial charge in [0.25, 0.3) is 0 Å². The molecule has 1 aromatic heterocycles. The average Bonchev–Trinajstić information content (AvgIpc) is 2.24. The Bertz CT molecular complexity index is 335. The molecule has 0 unspecified atom stereocenters. The Morgan fingerprint density at radius 2 is 2.00 bits per heavy atom. The summed E-state index contributed by atoms with van der Waals surface area (Å²) in [6.45, 7) is 4.71. The van der Waals surface area contributed by atoms with Gasteiger partial charge in [-0.3, -0.25) is 0 Å². The van der Waals surface area contributed by atoms with Crippen molar-refractivity contribution in [3.63, 3.8) is 0 Å². The number of hydrogen-bond donors (Lipinski definition) is 1. The van der Waals surface area contributed by atoms with Crippen LogP contribution in [0, 0.1) is 5.41 Å². The first-order valence-electron chi connectivity index (χ1n) is 5.93. The zero-order valence-corrected chi connectivity index (χ0v) is 10.7. The standard InChI is InChI=1S/C13H19ClN2/c1-13(2)7-5-10(6-8-13)16-11-3-4-12(14)15-9-11/h3-4,9-10,16H,5-8H2,1-2H3. The molecule has 1 aromatic rings. The van der Waals surface area contributed by atoms with Crippen LogP contribution in [0.2, 0.25) is 5.15 Å². The van der Waals surface area contributed by atoms with Gasteiger partial charge in [0.1, 0.15) is 5.15 Å². The van der Waals surface area contributed by atoms with Gasteiger partial charge in [-0.05, 0) is 43.2 Å². The second-order valence-corrected chi connectivity index (χ2v) is 5.84. The van der Waals surface area contributed by atoms with Gasteiger partial charge in [-0.1, -0.05) is 25.4 Å². The second kappa shape index (κ2) is 4.62. The number of halogens is 1. The Kier molecular flexibility index (Phi) is 3.38. The molecular weight excluding hydrogens is 220 g/mol. The molecule has 16 heavy (non-hydrogen) atoms. The smallest absolute Gasteiger partial charge is 0.129 e. The molecule has 1 N–H and O–H groups in total. The molecule has 0 amide bonds. The molecule has 0 aromatic carbocycles. The van der Waals surface area contributed by atoms with E-state index in [1.54, 1.807) is 0 Å². The molecule has 0 bridgehead atoms. The average molecular weight is 239 g/mol. The number of anilines is 1. The maximum Gasteiger partial charge on any atom is 0.129 e. The lowest BCUT2D eigenvalue weighted by atomic mass is 9.75. The SMILES string of the molecule is CC1(C)CCC(Nc2ccc(Cl)nc2)CC1. The maximum absolute atomic E-state index is 5.75. The minimum Gasteiger partial charge on any atom is -0.381 e. The third-order valence-electron chi connectivity index (χ3n) is 3.44. The van der Waals surface area contributed by atoms with E-state index in [9.17, 15) is 0 Å². The highest BCUT2D eigenvalue weighted by Crippen LogP contribution is 2.35. The zero-order valence-electron chi connectivity index (χ0n) is 9.96.